The molecule has 8 heteroatoms. The molecular formula is C29H29N5O2S. The lowest BCUT2D eigenvalue weighted by atomic mass is 10.0. The first-order valence-electron chi connectivity index (χ1n) is 12.3. The van der Waals surface area contributed by atoms with E-state index in [1.807, 2.05) is 67.0 Å². The molecule has 37 heavy (non-hydrogen) atoms. The highest BCUT2D eigenvalue weighted by molar-refractivity contribution is 7.80. The van der Waals surface area contributed by atoms with Gasteiger partial charge in [0.1, 0.15) is 0 Å². The molecule has 2 N–H and O–H groups in total. The lowest BCUT2D eigenvalue weighted by Crippen LogP contribution is -2.32. The average Bonchev–Trinajstić information content (AvgIpc) is 3.56. The zero-order valence-corrected chi connectivity index (χ0v) is 21.4. The van der Waals surface area contributed by atoms with Crippen molar-refractivity contribution in [1.82, 2.24) is 19.8 Å². The Labute approximate surface area is 222 Å². The van der Waals surface area contributed by atoms with Gasteiger partial charge < -0.3 is 24.8 Å². The Morgan fingerprint density at radius 2 is 1.81 bits per heavy atom. The van der Waals surface area contributed by atoms with Crippen LogP contribution in [0.3, 0.4) is 0 Å². The second-order valence-electron chi connectivity index (χ2n) is 8.81. The molecule has 1 saturated heterocycles. The number of thiocarbonyl (C=S) groups is 1. The van der Waals surface area contributed by atoms with E-state index in [1.165, 1.54) is 7.11 Å². The van der Waals surface area contributed by atoms with Crippen molar-refractivity contribution < 1.29 is 9.53 Å². The molecule has 5 rings (SSSR count). The average molecular weight is 512 g/mol. The number of para-hydroxylation sites is 1. The van der Waals surface area contributed by atoms with Crippen LogP contribution in [0.1, 0.15) is 40.3 Å². The van der Waals surface area contributed by atoms with E-state index >= 15 is 0 Å². The summed E-state index contributed by atoms with van der Waals surface area (Å²) in [6.07, 6.45) is 4.76. The van der Waals surface area contributed by atoms with Gasteiger partial charge in [-0.15, -0.1) is 0 Å². The minimum atomic E-state index is -0.352. The van der Waals surface area contributed by atoms with Gasteiger partial charge in [-0.05, 0) is 79.3 Å². The maximum Gasteiger partial charge on any atom is 0.337 e. The first-order chi connectivity index (χ1) is 18.2. The Bertz CT molecular complexity index is 1340. The van der Waals surface area contributed by atoms with Crippen LogP contribution >= 0.6 is 12.2 Å². The monoisotopic (exact) mass is 511 g/mol. The molecule has 4 aromatic rings. The Balaban J connectivity index is 1.42. The topological polar surface area (TPSA) is 71.4 Å². The van der Waals surface area contributed by atoms with Gasteiger partial charge in [0.05, 0.1) is 30.5 Å². The third kappa shape index (κ3) is 5.34. The summed E-state index contributed by atoms with van der Waals surface area (Å²) in [5.41, 5.74) is 4.61. The summed E-state index contributed by atoms with van der Waals surface area (Å²) in [6.45, 7) is 1.62. The quantitative estimate of drug-likeness (QED) is 0.183. The standard InChI is InChI=1S/C29H29N5O2S/c1-36-28(35)21-13-15-23(16-14-21)33-19-7-12-25(33)27-26(24-11-5-6-17-31-24)32-29(37)34(27)20-8-18-30-22-9-3-2-4-10-22/h2-7,9-17,19,26-27,30H,8,18,20H2,1H3,(H,32,37)/t26-,27+/m1/s1. The van der Waals surface area contributed by atoms with E-state index in [4.69, 9.17) is 17.0 Å². The van der Waals surface area contributed by atoms with E-state index in [1.54, 1.807) is 12.1 Å². The molecule has 7 nitrogen and oxygen atoms in total. The molecule has 188 valence electrons. The Morgan fingerprint density at radius 1 is 1.03 bits per heavy atom. The summed E-state index contributed by atoms with van der Waals surface area (Å²) >= 11 is 5.84. The lowest BCUT2D eigenvalue weighted by molar-refractivity contribution is 0.0600. The number of nitrogens with zero attached hydrogens (tertiary/aromatic N) is 3. The normalized spacial score (nSPS) is 16.9. The molecule has 1 aliphatic heterocycles. The number of hydrogen-bond acceptors (Lipinski definition) is 5. The van der Waals surface area contributed by atoms with Crippen molar-refractivity contribution in [3.8, 4) is 5.69 Å². The maximum atomic E-state index is 11.9. The summed E-state index contributed by atoms with van der Waals surface area (Å²) in [4.78, 5) is 18.8. The molecule has 2 aromatic carbocycles. The van der Waals surface area contributed by atoms with E-state index in [-0.39, 0.29) is 18.1 Å². The molecule has 3 heterocycles. The minimum absolute atomic E-state index is 0.0607. The van der Waals surface area contributed by atoms with Crippen LogP contribution in [0.4, 0.5) is 5.69 Å². The van der Waals surface area contributed by atoms with Gasteiger partial charge in [0, 0.05) is 42.6 Å². The number of anilines is 1. The summed E-state index contributed by atoms with van der Waals surface area (Å²) < 4.78 is 6.99. The van der Waals surface area contributed by atoms with Crippen LogP contribution in [0.25, 0.3) is 5.69 Å². The summed E-state index contributed by atoms with van der Waals surface area (Å²) in [6, 6.07) is 27.6. The predicted molar refractivity (Wildman–Crippen MR) is 149 cm³/mol. The number of aromatic nitrogens is 2. The Hall–Kier alpha value is -4.17. The van der Waals surface area contributed by atoms with Crippen LogP contribution in [-0.4, -0.2) is 45.7 Å². The number of hydrogen-bond donors (Lipinski definition) is 2. The number of methoxy groups -OCH3 is 1. The van der Waals surface area contributed by atoms with E-state index in [2.05, 4.69) is 43.3 Å². The van der Waals surface area contributed by atoms with Crippen LogP contribution in [-0.2, 0) is 4.74 Å². The first kappa shape index (κ1) is 24.5. The van der Waals surface area contributed by atoms with Gasteiger partial charge in [0.15, 0.2) is 5.11 Å². The molecule has 1 aliphatic rings. The maximum absolute atomic E-state index is 11.9. The van der Waals surface area contributed by atoms with Crippen molar-refractivity contribution >= 4 is 29.0 Å². The van der Waals surface area contributed by atoms with Gasteiger partial charge in [-0.1, -0.05) is 24.3 Å². The van der Waals surface area contributed by atoms with Gasteiger partial charge in [0.25, 0.3) is 0 Å². The van der Waals surface area contributed by atoms with Crippen LogP contribution in [0.15, 0.2) is 97.3 Å². The van der Waals surface area contributed by atoms with Gasteiger partial charge in [-0.25, -0.2) is 4.79 Å². The SMILES string of the molecule is COC(=O)c1ccc(-n2cccc2[C@H]2[C@@H](c3ccccn3)NC(=S)N2CCCNc2ccccc2)cc1. The first-order valence-corrected chi connectivity index (χ1v) is 12.7. The third-order valence-corrected chi connectivity index (χ3v) is 6.88. The fourth-order valence-electron chi connectivity index (χ4n) is 4.75. The number of esters is 1. The lowest BCUT2D eigenvalue weighted by Gasteiger charge is -2.29. The number of carbonyl (C=O) groups is 1. The van der Waals surface area contributed by atoms with Crippen molar-refractivity contribution in [2.75, 3.05) is 25.5 Å². The van der Waals surface area contributed by atoms with Crippen LogP contribution in [0.2, 0.25) is 0 Å². The highest BCUT2D eigenvalue weighted by atomic mass is 32.1. The van der Waals surface area contributed by atoms with Gasteiger partial charge in [-0.2, -0.15) is 0 Å². The van der Waals surface area contributed by atoms with Gasteiger partial charge >= 0.3 is 5.97 Å². The molecule has 2 atom stereocenters. The van der Waals surface area contributed by atoms with Crippen LogP contribution < -0.4 is 10.6 Å². The fraction of sp³-hybridized carbons (Fsp3) is 0.207. The molecule has 0 unspecified atom stereocenters. The molecular weight excluding hydrogens is 482 g/mol. The van der Waals surface area contributed by atoms with Crippen molar-refractivity contribution in [2.45, 2.75) is 18.5 Å². The summed E-state index contributed by atoms with van der Waals surface area (Å²) in [7, 11) is 1.39. The van der Waals surface area contributed by atoms with E-state index < -0.39 is 0 Å². The number of carbonyl (C=O) groups excluding carboxylic acids is 1. The van der Waals surface area contributed by atoms with E-state index in [9.17, 15) is 4.79 Å². The molecule has 1 fully saturated rings. The Kier molecular flexibility index (Phi) is 7.46. The van der Waals surface area contributed by atoms with Gasteiger partial charge in [0.2, 0.25) is 0 Å². The predicted octanol–water partition coefficient (Wildman–Crippen LogP) is 5.13. The highest BCUT2D eigenvalue weighted by Crippen LogP contribution is 2.39. The van der Waals surface area contributed by atoms with Gasteiger partial charge in [-0.3, -0.25) is 4.98 Å². The number of benzene rings is 2. The van der Waals surface area contributed by atoms with E-state index in [0.717, 1.165) is 42.3 Å². The number of ether oxygens (including phenoxy) is 1. The van der Waals surface area contributed by atoms with Crippen molar-refractivity contribution in [3.05, 3.63) is 114 Å². The van der Waals surface area contributed by atoms with Crippen LogP contribution in [0.5, 0.6) is 0 Å². The zero-order chi connectivity index (χ0) is 25.6. The second-order valence-corrected chi connectivity index (χ2v) is 9.19. The minimum Gasteiger partial charge on any atom is -0.465 e. The van der Waals surface area contributed by atoms with Crippen LogP contribution in [0, 0.1) is 0 Å². The fourth-order valence-corrected chi connectivity index (χ4v) is 5.08. The molecule has 0 saturated carbocycles. The molecule has 0 spiro atoms. The second kappa shape index (κ2) is 11.3. The number of rotatable bonds is 9. The largest absolute Gasteiger partial charge is 0.465 e. The molecule has 0 radical (unpaired) electrons. The number of pyridine rings is 1. The smallest absolute Gasteiger partial charge is 0.337 e. The van der Waals surface area contributed by atoms with Crippen molar-refractivity contribution in [2.24, 2.45) is 0 Å². The molecule has 2 aromatic heterocycles. The molecule has 0 amide bonds. The molecule has 0 bridgehead atoms. The van der Waals surface area contributed by atoms with E-state index in [0.29, 0.717) is 10.7 Å². The zero-order valence-electron chi connectivity index (χ0n) is 20.6. The highest BCUT2D eigenvalue weighted by Gasteiger charge is 2.40. The Morgan fingerprint density at radius 3 is 2.54 bits per heavy atom. The summed E-state index contributed by atoms with van der Waals surface area (Å²) in [5, 5.41) is 7.73. The summed E-state index contributed by atoms with van der Waals surface area (Å²) in [5.74, 6) is -0.352. The molecule has 0 aliphatic carbocycles. The third-order valence-electron chi connectivity index (χ3n) is 6.53. The number of nitrogens with one attached hydrogen (secondary N) is 2. The van der Waals surface area contributed by atoms with Crippen molar-refractivity contribution in [1.29, 1.82) is 0 Å². The van der Waals surface area contributed by atoms with Crippen molar-refractivity contribution in [3.63, 3.8) is 0 Å².